The van der Waals surface area contributed by atoms with Gasteiger partial charge in [-0.15, -0.1) is 0 Å². The Morgan fingerprint density at radius 3 is 3.05 bits per heavy atom. The molecule has 3 N–H and O–H groups in total. The molecular weight excluding hydrogens is 288 g/mol. The fraction of sp³-hybridized carbons (Fsp3) is 0.286. The maximum Gasteiger partial charge on any atom is 0.249 e. The second kappa shape index (κ2) is 3.92. The van der Waals surface area contributed by atoms with Crippen molar-refractivity contribution in [3.05, 3.63) is 18.2 Å². The monoisotopic (exact) mass is 300 g/mol. The zero-order valence-electron chi connectivity index (χ0n) is 11.4. The molecule has 5 rings (SSSR count). The summed E-state index contributed by atoms with van der Waals surface area (Å²) in [5, 5.41) is 19.8. The van der Waals surface area contributed by atoms with Gasteiger partial charge in [-0.05, 0) is 12.8 Å². The number of aliphatic hydroxyl groups is 1. The quantitative estimate of drug-likeness (QED) is 0.535. The molecule has 0 unspecified atom stereocenters. The van der Waals surface area contributed by atoms with Gasteiger partial charge >= 0.3 is 0 Å². The maximum absolute atomic E-state index is 10.5. The fourth-order valence-corrected chi connectivity index (χ4v) is 2.86. The van der Waals surface area contributed by atoms with Crippen molar-refractivity contribution in [3.63, 3.8) is 0 Å². The van der Waals surface area contributed by atoms with Gasteiger partial charge in [0.05, 0.1) is 6.61 Å². The minimum Gasteiger partial charge on any atom is -0.504 e. The number of nitrogens with zero attached hydrogens (tertiary/aromatic N) is 3. The standard InChI is InChI=1S/C14H12N4O4/c19-4-6-3-15-12-11(6)22-13(17-12)9-10(20)8-14(21-5-16-8)18(9)7-1-2-7/h3,5,7,15,19-20H,1-2,4H2. The molecule has 4 aromatic rings. The van der Waals surface area contributed by atoms with Crippen LogP contribution >= 0.6 is 0 Å². The molecule has 0 amide bonds. The van der Waals surface area contributed by atoms with Crippen LogP contribution in [0.1, 0.15) is 24.4 Å². The minimum absolute atomic E-state index is 0.00472. The van der Waals surface area contributed by atoms with Crippen molar-refractivity contribution < 1.29 is 19.0 Å². The summed E-state index contributed by atoms with van der Waals surface area (Å²) in [6.45, 7) is -0.145. The van der Waals surface area contributed by atoms with E-state index in [1.807, 2.05) is 4.57 Å². The average molecular weight is 300 g/mol. The largest absolute Gasteiger partial charge is 0.504 e. The SMILES string of the molecule is OCc1c[nH]c2nc(-c3c(O)c4ncoc4n3C3CC3)oc12. The van der Waals surface area contributed by atoms with Gasteiger partial charge in [-0.1, -0.05) is 0 Å². The molecule has 4 aromatic heterocycles. The lowest BCUT2D eigenvalue weighted by atomic mass is 10.3. The Balaban J connectivity index is 1.80. The molecule has 112 valence electrons. The number of aliphatic hydroxyl groups excluding tert-OH is 1. The zero-order valence-corrected chi connectivity index (χ0v) is 11.4. The van der Waals surface area contributed by atoms with E-state index >= 15 is 0 Å². The first-order valence-corrected chi connectivity index (χ1v) is 7.02. The van der Waals surface area contributed by atoms with E-state index in [1.54, 1.807) is 6.20 Å². The van der Waals surface area contributed by atoms with Gasteiger partial charge in [0.15, 0.2) is 34.6 Å². The Morgan fingerprint density at radius 1 is 1.41 bits per heavy atom. The van der Waals surface area contributed by atoms with E-state index in [-0.39, 0.29) is 24.3 Å². The van der Waals surface area contributed by atoms with Crippen LogP contribution in [0.25, 0.3) is 34.0 Å². The van der Waals surface area contributed by atoms with Crippen molar-refractivity contribution in [2.24, 2.45) is 0 Å². The van der Waals surface area contributed by atoms with E-state index in [2.05, 4.69) is 15.0 Å². The van der Waals surface area contributed by atoms with E-state index < -0.39 is 0 Å². The Kier molecular flexibility index (Phi) is 2.11. The predicted molar refractivity (Wildman–Crippen MR) is 75.2 cm³/mol. The molecule has 1 aliphatic rings. The van der Waals surface area contributed by atoms with Crippen LogP contribution in [-0.4, -0.2) is 29.7 Å². The summed E-state index contributed by atoms with van der Waals surface area (Å²) in [5.41, 5.74) is 3.06. The molecular formula is C14H12N4O4. The highest BCUT2D eigenvalue weighted by atomic mass is 16.4. The van der Waals surface area contributed by atoms with Gasteiger partial charge in [-0.2, -0.15) is 4.98 Å². The zero-order chi connectivity index (χ0) is 14.8. The molecule has 22 heavy (non-hydrogen) atoms. The van der Waals surface area contributed by atoms with Crippen LogP contribution in [0.4, 0.5) is 0 Å². The van der Waals surface area contributed by atoms with Crippen LogP contribution in [0.15, 0.2) is 21.4 Å². The fourth-order valence-electron chi connectivity index (χ4n) is 2.86. The molecule has 1 saturated carbocycles. The van der Waals surface area contributed by atoms with E-state index in [0.717, 1.165) is 12.8 Å². The number of nitrogens with one attached hydrogen (secondary N) is 1. The minimum atomic E-state index is -0.145. The van der Waals surface area contributed by atoms with Crippen molar-refractivity contribution in [2.75, 3.05) is 0 Å². The van der Waals surface area contributed by atoms with Crippen molar-refractivity contribution in [3.8, 4) is 17.3 Å². The van der Waals surface area contributed by atoms with Gasteiger partial charge in [0.2, 0.25) is 11.6 Å². The Bertz CT molecular complexity index is 1000. The van der Waals surface area contributed by atoms with Gasteiger partial charge in [-0.25, -0.2) is 4.98 Å². The summed E-state index contributed by atoms with van der Waals surface area (Å²) < 4.78 is 13.1. The maximum atomic E-state index is 10.5. The van der Waals surface area contributed by atoms with E-state index in [4.69, 9.17) is 8.83 Å². The lowest BCUT2D eigenvalue weighted by molar-refractivity contribution is 0.282. The van der Waals surface area contributed by atoms with E-state index in [1.165, 1.54) is 6.39 Å². The van der Waals surface area contributed by atoms with Crippen molar-refractivity contribution in [1.82, 2.24) is 19.5 Å². The summed E-state index contributed by atoms with van der Waals surface area (Å²) in [4.78, 5) is 11.4. The molecule has 0 atom stereocenters. The van der Waals surface area contributed by atoms with Crippen LogP contribution < -0.4 is 0 Å². The number of aromatic nitrogens is 4. The molecule has 1 aliphatic carbocycles. The number of rotatable bonds is 3. The van der Waals surface area contributed by atoms with Gasteiger partial charge in [0.1, 0.15) is 0 Å². The van der Waals surface area contributed by atoms with Crippen molar-refractivity contribution in [1.29, 1.82) is 0 Å². The van der Waals surface area contributed by atoms with Crippen LogP contribution in [0.5, 0.6) is 5.75 Å². The third kappa shape index (κ3) is 1.39. The topological polar surface area (TPSA) is 113 Å². The summed E-state index contributed by atoms with van der Waals surface area (Å²) in [6, 6.07) is 0.258. The normalized spacial score (nSPS) is 15.3. The van der Waals surface area contributed by atoms with Gasteiger partial charge < -0.3 is 24.0 Å². The Hall–Kier alpha value is -2.74. The number of H-pyrrole nitrogens is 1. The van der Waals surface area contributed by atoms with Crippen LogP contribution in [0, 0.1) is 0 Å². The smallest absolute Gasteiger partial charge is 0.249 e. The number of hydrogen-bond donors (Lipinski definition) is 3. The number of aromatic amines is 1. The summed E-state index contributed by atoms with van der Waals surface area (Å²) in [7, 11) is 0. The van der Waals surface area contributed by atoms with Crippen molar-refractivity contribution >= 4 is 22.5 Å². The van der Waals surface area contributed by atoms with E-state index in [9.17, 15) is 10.2 Å². The highest BCUT2D eigenvalue weighted by molar-refractivity contribution is 5.88. The number of aromatic hydroxyl groups is 1. The molecule has 0 spiro atoms. The summed E-state index contributed by atoms with van der Waals surface area (Å²) in [5.74, 6) is 0.291. The molecule has 4 heterocycles. The second-order valence-electron chi connectivity index (χ2n) is 5.47. The molecule has 0 aromatic carbocycles. The third-order valence-electron chi connectivity index (χ3n) is 4.04. The number of hydrogen-bond acceptors (Lipinski definition) is 6. The second-order valence-corrected chi connectivity index (χ2v) is 5.47. The van der Waals surface area contributed by atoms with Gasteiger partial charge in [0.25, 0.3) is 0 Å². The van der Waals surface area contributed by atoms with E-state index in [0.29, 0.717) is 33.7 Å². The van der Waals surface area contributed by atoms with Crippen LogP contribution in [0.2, 0.25) is 0 Å². The lowest BCUT2D eigenvalue weighted by Gasteiger charge is -2.04. The molecule has 0 saturated heterocycles. The number of oxazole rings is 2. The highest BCUT2D eigenvalue weighted by Gasteiger charge is 2.34. The van der Waals surface area contributed by atoms with Crippen LogP contribution in [-0.2, 0) is 6.61 Å². The first-order valence-electron chi connectivity index (χ1n) is 7.02. The lowest BCUT2D eigenvalue weighted by Crippen LogP contribution is -1.96. The molecule has 0 radical (unpaired) electrons. The first-order chi connectivity index (χ1) is 10.8. The molecule has 8 heteroatoms. The summed E-state index contributed by atoms with van der Waals surface area (Å²) in [6.07, 6.45) is 4.99. The molecule has 8 nitrogen and oxygen atoms in total. The highest BCUT2D eigenvalue weighted by Crippen LogP contribution is 2.47. The third-order valence-corrected chi connectivity index (χ3v) is 4.04. The van der Waals surface area contributed by atoms with Crippen molar-refractivity contribution in [2.45, 2.75) is 25.5 Å². The number of fused-ring (bicyclic) bond motifs is 2. The molecule has 0 aliphatic heterocycles. The van der Waals surface area contributed by atoms with Gasteiger partial charge in [0, 0.05) is 17.8 Å². The Morgan fingerprint density at radius 2 is 2.27 bits per heavy atom. The van der Waals surface area contributed by atoms with Crippen LogP contribution in [0.3, 0.4) is 0 Å². The average Bonchev–Trinajstić information content (AvgIpc) is 2.88. The molecule has 0 bridgehead atoms. The molecule has 1 fully saturated rings. The van der Waals surface area contributed by atoms with Gasteiger partial charge in [-0.3, -0.25) is 4.57 Å². The summed E-state index contributed by atoms with van der Waals surface area (Å²) >= 11 is 0. The predicted octanol–water partition coefficient (Wildman–Crippen LogP) is 2.30. The first kappa shape index (κ1) is 11.9. The Labute approximate surface area is 123 Å².